The maximum absolute atomic E-state index is 12.2. The van der Waals surface area contributed by atoms with E-state index < -0.39 is 0 Å². The number of hydrogen-bond donors (Lipinski definition) is 1. The number of nitrogens with zero attached hydrogens (tertiary/aromatic N) is 2. The predicted molar refractivity (Wildman–Crippen MR) is 103 cm³/mol. The van der Waals surface area contributed by atoms with Gasteiger partial charge in [0.2, 0.25) is 5.91 Å². The maximum atomic E-state index is 12.2. The van der Waals surface area contributed by atoms with E-state index in [4.69, 9.17) is 11.6 Å². The van der Waals surface area contributed by atoms with Crippen LogP contribution in [-0.2, 0) is 11.3 Å². The smallest absolute Gasteiger partial charge is 0.226 e. The van der Waals surface area contributed by atoms with E-state index in [2.05, 4.69) is 27.9 Å². The maximum Gasteiger partial charge on any atom is 0.226 e. The van der Waals surface area contributed by atoms with Crippen molar-refractivity contribution in [2.45, 2.75) is 34.2 Å². The fourth-order valence-corrected chi connectivity index (χ4v) is 2.88. The van der Waals surface area contributed by atoms with E-state index in [1.807, 2.05) is 51.4 Å². The van der Waals surface area contributed by atoms with Gasteiger partial charge < -0.3 is 9.88 Å². The molecule has 4 nitrogen and oxygen atoms in total. The van der Waals surface area contributed by atoms with Crippen LogP contribution < -0.4 is 5.32 Å². The molecule has 1 amide bonds. The molecule has 1 aromatic heterocycles. The lowest BCUT2D eigenvalue weighted by Gasteiger charge is -2.14. The second-order valence-corrected chi connectivity index (χ2v) is 7.14. The van der Waals surface area contributed by atoms with Crippen LogP contribution in [0.3, 0.4) is 0 Å². The normalized spacial score (nSPS) is 11.3. The number of benzene rings is 2. The highest BCUT2D eigenvalue weighted by Gasteiger charge is 2.16. The minimum atomic E-state index is -0.0777. The van der Waals surface area contributed by atoms with Gasteiger partial charge in [0.05, 0.1) is 17.5 Å². The molecule has 0 saturated carbocycles. The van der Waals surface area contributed by atoms with Gasteiger partial charge in [0, 0.05) is 17.5 Å². The molecule has 130 valence electrons. The Morgan fingerprint density at radius 3 is 2.56 bits per heavy atom. The van der Waals surface area contributed by atoms with Gasteiger partial charge in [0.15, 0.2) is 0 Å². The molecule has 0 unspecified atom stereocenters. The molecule has 0 aliphatic carbocycles. The third-order valence-corrected chi connectivity index (χ3v) is 4.73. The molecule has 5 heteroatoms. The number of anilines is 1. The molecule has 0 fully saturated rings. The molecule has 3 rings (SSSR count). The van der Waals surface area contributed by atoms with E-state index >= 15 is 0 Å². The summed E-state index contributed by atoms with van der Waals surface area (Å²) in [6.07, 6.45) is 1.82. The Labute approximate surface area is 152 Å². The predicted octanol–water partition coefficient (Wildman–Crippen LogP) is 4.95. The van der Waals surface area contributed by atoms with Crippen molar-refractivity contribution in [3.8, 4) is 0 Å². The van der Waals surface area contributed by atoms with Gasteiger partial charge in [-0.1, -0.05) is 37.6 Å². The fraction of sp³-hybridized carbons (Fsp3) is 0.300. The molecule has 0 aliphatic heterocycles. The van der Waals surface area contributed by atoms with Crippen LogP contribution in [0.25, 0.3) is 11.0 Å². The summed E-state index contributed by atoms with van der Waals surface area (Å²) in [5.41, 5.74) is 5.98. The zero-order valence-electron chi connectivity index (χ0n) is 14.9. The molecule has 1 heterocycles. The van der Waals surface area contributed by atoms with Crippen molar-refractivity contribution in [2.24, 2.45) is 5.92 Å². The summed E-state index contributed by atoms with van der Waals surface area (Å²) in [5.74, 6) is -0.0756. The Hall–Kier alpha value is -2.33. The second-order valence-electron chi connectivity index (χ2n) is 6.70. The number of halogens is 1. The minimum absolute atomic E-state index is 0.00208. The zero-order chi connectivity index (χ0) is 18.1. The molecule has 0 atom stereocenters. The van der Waals surface area contributed by atoms with Crippen LogP contribution in [0, 0.1) is 19.8 Å². The number of carbonyl (C=O) groups excluding carboxylic acids is 1. The molecule has 2 aromatic carbocycles. The first-order valence-corrected chi connectivity index (χ1v) is 8.75. The third kappa shape index (κ3) is 3.54. The largest absolute Gasteiger partial charge is 0.326 e. The Morgan fingerprint density at radius 2 is 1.92 bits per heavy atom. The van der Waals surface area contributed by atoms with E-state index in [1.54, 1.807) is 0 Å². The first-order chi connectivity index (χ1) is 11.9. The average molecular weight is 356 g/mol. The minimum Gasteiger partial charge on any atom is -0.326 e. The van der Waals surface area contributed by atoms with E-state index in [9.17, 15) is 4.79 Å². The number of aryl methyl sites for hydroxylation is 1. The zero-order valence-corrected chi connectivity index (χ0v) is 15.7. The van der Waals surface area contributed by atoms with Gasteiger partial charge in [-0.2, -0.15) is 0 Å². The molecule has 0 saturated heterocycles. The first kappa shape index (κ1) is 17.5. The van der Waals surface area contributed by atoms with Gasteiger partial charge >= 0.3 is 0 Å². The summed E-state index contributed by atoms with van der Waals surface area (Å²) in [4.78, 5) is 16.8. The van der Waals surface area contributed by atoms with Gasteiger partial charge in [0.25, 0.3) is 0 Å². The summed E-state index contributed by atoms with van der Waals surface area (Å²) < 4.78 is 2.09. The molecule has 3 aromatic rings. The fourth-order valence-electron chi connectivity index (χ4n) is 2.76. The average Bonchev–Trinajstić information content (AvgIpc) is 2.96. The monoisotopic (exact) mass is 355 g/mol. The molecule has 1 N–H and O–H groups in total. The summed E-state index contributed by atoms with van der Waals surface area (Å²) in [6.45, 7) is 8.55. The lowest BCUT2D eigenvalue weighted by molar-refractivity contribution is -0.118. The van der Waals surface area contributed by atoms with E-state index in [-0.39, 0.29) is 11.8 Å². The highest BCUT2D eigenvalue weighted by Crippen LogP contribution is 2.30. The van der Waals surface area contributed by atoms with Gasteiger partial charge in [-0.3, -0.25) is 4.79 Å². The lowest BCUT2D eigenvalue weighted by atomic mass is 10.1. The molecular weight excluding hydrogens is 334 g/mol. The van der Waals surface area contributed by atoms with Crippen molar-refractivity contribution in [3.63, 3.8) is 0 Å². The highest BCUT2D eigenvalue weighted by molar-refractivity contribution is 6.30. The summed E-state index contributed by atoms with van der Waals surface area (Å²) >= 11 is 5.96. The first-order valence-electron chi connectivity index (χ1n) is 8.37. The number of amides is 1. The number of carbonyl (C=O) groups is 1. The highest BCUT2D eigenvalue weighted by atomic mass is 35.5. The Kier molecular flexibility index (Phi) is 4.82. The molecule has 0 aliphatic rings. The Bertz CT molecular complexity index is 926. The van der Waals surface area contributed by atoms with Crippen LogP contribution in [-0.4, -0.2) is 15.5 Å². The van der Waals surface area contributed by atoms with Gasteiger partial charge in [-0.25, -0.2) is 4.98 Å². The summed E-state index contributed by atoms with van der Waals surface area (Å²) in [7, 11) is 0. The van der Waals surface area contributed by atoms with Crippen LogP contribution in [0.5, 0.6) is 0 Å². The number of aromatic nitrogens is 2. The van der Waals surface area contributed by atoms with Crippen LogP contribution in [0.15, 0.2) is 36.7 Å². The van der Waals surface area contributed by atoms with Crippen LogP contribution in [0.2, 0.25) is 5.02 Å². The topological polar surface area (TPSA) is 46.9 Å². The number of imidazole rings is 1. The van der Waals surface area contributed by atoms with Crippen molar-refractivity contribution in [3.05, 3.63) is 58.4 Å². The number of fused-ring (bicyclic) bond motifs is 1. The van der Waals surface area contributed by atoms with Crippen LogP contribution in [0.4, 0.5) is 5.69 Å². The Morgan fingerprint density at radius 1 is 1.24 bits per heavy atom. The van der Waals surface area contributed by atoms with Gasteiger partial charge in [0.1, 0.15) is 5.52 Å². The van der Waals surface area contributed by atoms with Crippen molar-refractivity contribution in [1.82, 2.24) is 9.55 Å². The Balaban J connectivity index is 2.04. The van der Waals surface area contributed by atoms with Crippen molar-refractivity contribution in [2.75, 3.05) is 5.32 Å². The van der Waals surface area contributed by atoms with Crippen molar-refractivity contribution < 1.29 is 4.79 Å². The van der Waals surface area contributed by atoms with Gasteiger partial charge in [-0.05, 0) is 48.7 Å². The van der Waals surface area contributed by atoms with E-state index in [0.29, 0.717) is 6.54 Å². The molecule has 25 heavy (non-hydrogen) atoms. The van der Waals surface area contributed by atoms with Gasteiger partial charge in [-0.15, -0.1) is 0 Å². The van der Waals surface area contributed by atoms with Crippen LogP contribution >= 0.6 is 11.6 Å². The van der Waals surface area contributed by atoms with Crippen molar-refractivity contribution >= 4 is 34.2 Å². The SMILES string of the molecule is Cc1cc2c(ncn2Cc2ccc(Cl)cc2)c(NC(=O)C(C)C)c1C. The van der Waals surface area contributed by atoms with E-state index in [1.165, 1.54) is 0 Å². The molecule has 0 radical (unpaired) electrons. The molecule has 0 bridgehead atoms. The summed E-state index contributed by atoms with van der Waals surface area (Å²) in [6, 6.07) is 9.92. The number of nitrogens with one attached hydrogen (secondary N) is 1. The summed E-state index contributed by atoms with van der Waals surface area (Å²) in [5, 5.41) is 3.77. The quantitative estimate of drug-likeness (QED) is 0.719. The number of hydrogen-bond acceptors (Lipinski definition) is 2. The standard InChI is InChI=1S/C20H22ClN3O/c1-12(2)20(25)23-18-14(4)13(3)9-17-19(18)22-11-24(17)10-15-5-7-16(21)8-6-15/h5-9,11-12H,10H2,1-4H3,(H,23,25). The van der Waals surface area contributed by atoms with E-state index in [0.717, 1.165) is 38.4 Å². The lowest BCUT2D eigenvalue weighted by Crippen LogP contribution is -2.19. The van der Waals surface area contributed by atoms with Crippen molar-refractivity contribution in [1.29, 1.82) is 0 Å². The third-order valence-electron chi connectivity index (χ3n) is 4.47. The second kappa shape index (κ2) is 6.89. The van der Waals surface area contributed by atoms with Crippen LogP contribution in [0.1, 0.15) is 30.5 Å². The molecular formula is C20H22ClN3O. The number of rotatable bonds is 4. The molecule has 0 spiro atoms.